The van der Waals surface area contributed by atoms with Crippen LogP contribution in [-0.4, -0.2) is 30.2 Å². The zero-order valence-corrected chi connectivity index (χ0v) is 9.99. The fourth-order valence-electron chi connectivity index (χ4n) is 1.64. The van der Waals surface area contributed by atoms with E-state index in [-0.39, 0.29) is 30.4 Å². The van der Waals surface area contributed by atoms with E-state index in [4.69, 9.17) is 10.8 Å². The molecule has 0 saturated heterocycles. The highest BCUT2D eigenvalue weighted by atomic mass is 16.3. The fourth-order valence-corrected chi connectivity index (χ4v) is 1.64. The van der Waals surface area contributed by atoms with E-state index in [1.807, 2.05) is 20.8 Å². The first-order chi connectivity index (χ1) is 7.04. The minimum Gasteiger partial charge on any atom is -0.396 e. The van der Waals surface area contributed by atoms with E-state index < -0.39 is 0 Å². The first-order valence-corrected chi connectivity index (χ1v) is 5.68. The van der Waals surface area contributed by atoms with Crippen LogP contribution in [-0.2, 0) is 4.79 Å². The molecule has 0 aliphatic rings. The van der Waals surface area contributed by atoms with Crippen LogP contribution < -0.4 is 11.1 Å². The van der Waals surface area contributed by atoms with Crippen molar-refractivity contribution < 1.29 is 9.90 Å². The van der Waals surface area contributed by atoms with Gasteiger partial charge in [0.25, 0.3) is 0 Å². The second-order valence-electron chi connectivity index (χ2n) is 4.18. The molecule has 0 aromatic rings. The Morgan fingerprint density at radius 3 is 2.47 bits per heavy atom. The Bertz CT molecular complexity index is 185. The molecular formula is C11H24N2O2. The second kappa shape index (κ2) is 7.65. The van der Waals surface area contributed by atoms with E-state index in [0.29, 0.717) is 6.42 Å². The van der Waals surface area contributed by atoms with Crippen LogP contribution >= 0.6 is 0 Å². The number of primary amides is 1. The predicted octanol–water partition coefficient (Wildman–Crippen LogP) is 0.494. The molecule has 0 bridgehead atoms. The molecule has 4 nitrogen and oxygen atoms in total. The minimum atomic E-state index is -0.305. The molecule has 3 atom stereocenters. The van der Waals surface area contributed by atoms with Gasteiger partial charge in [-0.1, -0.05) is 20.8 Å². The van der Waals surface area contributed by atoms with Crippen LogP contribution in [0.2, 0.25) is 0 Å². The third-order valence-corrected chi connectivity index (χ3v) is 2.93. The third-order valence-electron chi connectivity index (χ3n) is 2.93. The molecule has 0 aliphatic carbocycles. The lowest BCUT2D eigenvalue weighted by molar-refractivity contribution is -0.121. The fraction of sp³-hybridized carbons (Fsp3) is 0.909. The van der Waals surface area contributed by atoms with Crippen LogP contribution in [0.25, 0.3) is 0 Å². The molecule has 0 heterocycles. The van der Waals surface area contributed by atoms with Crippen molar-refractivity contribution in [1.29, 1.82) is 0 Å². The molecule has 90 valence electrons. The Labute approximate surface area is 92.2 Å². The highest BCUT2D eigenvalue weighted by Gasteiger charge is 2.26. The van der Waals surface area contributed by atoms with Gasteiger partial charge in [0.1, 0.15) is 0 Å². The summed E-state index contributed by atoms with van der Waals surface area (Å²) in [6, 6.07) is -0.286. The van der Waals surface area contributed by atoms with Gasteiger partial charge < -0.3 is 16.2 Å². The van der Waals surface area contributed by atoms with Crippen LogP contribution in [0.3, 0.4) is 0 Å². The average molecular weight is 216 g/mol. The highest BCUT2D eigenvalue weighted by Crippen LogP contribution is 2.18. The Hall–Kier alpha value is -0.610. The summed E-state index contributed by atoms with van der Waals surface area (Å²) in [5.41, 5.74) is 5.35. The van der Waals surface area contributed by atoms with Gasteiger partial charge in [0.2, 0.25) is 5.91 Å². The highest BCUT2D eigenvalue weighted by molar-refractivity contribution is 5.80. The van der Waals surface area contributed by atoms with E-state index in [9.17, 15) is 4.79 Å². The summed E-state index contributed by atoms with van der Waals surface area (Å²) in [5.74, 6) is 0.138. The number of amides is 1. The maximum Gasteiger partial charge on any atom is 0.234 e. The lowest BCUT2D eigenvalue weighted by atomic mass is 9.86. The van der Waals surface area contributed by atoms with Gasteiger partial charge in [0.15, 0.2) is 0 Å². The summed E-state index contributed by atoms with van der Waals surface area (Å²) in [4.78, 5) is 11.3. The maximum atomic E-state index is 11.3. The molecule has 0 aliphatic heterocycles. The molecule has 4 N–H and O–H groups in total. The number of carbonyl (C=O) groups is 1. The normalized spacial score (nSPS) is 17.1. The zero-order chi connectivity index (χ0) is 11.8. The minimum absolute atomic E-state index is 0.154. The van der Waals surface area contributed by atoms with Crippen molar-refractivity contribution in [3.05, 3.63) is 0 Å². The van der Waals surface area contributed by atoms with Gasteiger partial charge in [-0.2, -0.15) is 0 Å². The molecule has 0 aromatic carbocycles. The van der Waals surface area contributed by atoms with Crippen molar-refractivity contribution in [2.24, 2.45) is 17.6 Å². The Balaban J connectivity index is 4.26. The Kier molecular flexibility index (Phi) is 7.34. The van der Waals surface area contributed by atoms with Gasteiger partial charge in [-0.3, -0.25) is 4.79 Å². The molecule has 0 radical (unpaired) electrons. The van der Waals surface area contributed by atoms with Crippen molar-refractivity contribution >= 4 is 5.91 Å². The van der Waals surface area contributed by atoms with Gasteiger partial charge in [-0.15, -0.1) is 0 Å². The molecule has 15 heavy (non-hydrogen) atoms. The second-order valence-corrected chi connectivity index (χ2v) is 4.18. The Morgan fingerprint density at radius 2 is 2.07 bits per heavy atom. The molecule has 0 spiro atoms. The van der Waals surface area contributed by atoms with E-state index >= 15 is 0 Å². The summed E-state index contributed by atoms with van der Waals surface area (Å²) in [6.07, 6.45) is 1.68. The molecule has 0 aromatic heterocycles. The summed E-state index contributed by atoms with van der Waals surface area (Å²) < 4.78 is 0. The molecule has 0 fully saturated rings. The molecule has 0 rings (SSSR count). The first-order valence-electron chi connectivity index (χ1n) is 5.68. The number of aliphatic hydroxyl groups is 1. The van der Waals surface area contributed by atoms with Gasteiger partial charge in [-0.25, -0.2) is 0 Å². The van der Waals surface area contributed by atoms with Crippen LogP contribution in [0, 0.1) is 11.8 Å². The first kappa shape index (κ1) is 14.4. The smallest absolute Gasteiger partial charge is 0.234 e. The summed E-state index contributed by atoms with van der Waals surface area (Å²) in [5, 5.41) is 12.0. The zero-order valence-electron chi connectivity index (χ0n) is 9.99. The number of nitrogens with one attached hydrogen (secondary N) is 1. The maximum absolute atomic E-state index is 11.3. The molecule has 4 heteroatoms. The number of hydrogen-bond acceptors (Lipinski definition) is 3. The van der Waals surface area contributed by atoms with Crippen molar-refractivity contribution in [3.8, 4) is 0 Å². The quantitative estimate of drug-likeness (QED) is 0.553. The van der Waals surface area contributed by atoms with E-state index in [1.54, 1.807) is 0 Å². The van der Waals surface area contributed by atoms with E-state index in [2.05, 4.69) is 5.32 Å². The van der Waals surface area contributed by atoms with Crippen molar-refractivity contribution in [3.63, 3.8) is 0 Å². The van der Waals surface area contributed by atoms with Crippen LogP contribution in [0.15, 0.2) is 0 Å². The van der Waals surface area contributed by atoms with E-state index in [1.165, 1.54) is 0 Å². The van der Waals surface area contributed by atoms with Crippen molar-refractivity contribution in [2.45, 2.75) is 39.7 Å². The van der Waals surface area contributed by atoms with Crippen LogP contribution in [0.1, 0.15) is 33.6 Å². The number of rotatable bonds is 8. The largest absolute Gasteiger partial charge is 0.396 e. The van der Waals surface area contributed by atoms with Gasteiger partial charge in [0.05, 0.1) is 6.04 Å². The van der Waals surface area contributed by atoms with Gasteiger partial charge >= 0.3 is 0 Å². The van der Waals surface area contributed by atoms with Crippen molar-refractivity contribution in [1.82, 2.24) is 5.32 Å². The topological polar surface area (TPSA) is 75.3 Å². The summed E-state index contributed by atoms with van der Waals surface area (Å²) in [7, 11) is 0. The summed E-state index contributed by atoms with van der Waals surface area (Å²) >= 11 is 0. The van der Waals surface area contributed by atoms with E-state index in [0.717, 1.165) is 13.0 Å². The lowest BCUT2D eigenvalue weighted by Gasteiger charge is -2.27. The number of hydrogen-bond donors (Lipinski definition) is 3. The third kappa shape index (κ3) is 5.14. The number of nitrogens with two attached hydrogens (primary N) is 1. The van der Waals surface area contributed by atoms with Crippen molar-refractivity contribution in [2.75, 3.05) is 13.2 Å². The standard InChI is InChI=1S/C11H24N2O2/c1-4-6-13-10(11(12)15)9(3)8(2)5-7-14/h8-10,13-14H,4-7H2,1-3H3,(H2,12,15)/t8-,9-,10-/m1/s1. The Morgan fingerprint density at radius 1 is 1.47 bits per heavy atom. The molecule has 1 amide bonds. The number of aliphatic hydroxyl groups excluding tert-OH is 1. The van der Waals surface area contributed by atoms with Gasteiger partial charge in [-0.05, 0) is 31.2 Å². The predicted molar refractivity (Wildman–Crippen MR) is 61.3 cm³/mol. The van der Waals surface area contributed by atoms with Crippen LogP contribution in [0.4, 0.5) is 0 Å². The molecular weight excluding hydrogens is 192 g/mol. The SMILES string of the molecule is CCCN[C@@H](C(N)=O)[C@H](C)[C@H](C)CCO. The molecule has 0 unspecified atom stereocenters. The van der Waals surface area contributed by atoms with Crippen LogP contribution in [0.5, 0.6) is 0 Å². The average Bonchev–Trinajstić information content (AvgIpc) is 2.18. The van der Waals surface area contributed by atoms with Gasteiger partial charge in [0, 0.05) is 6.61 Å². The monoisotopic (exact) mass is 216 g/mol. The molecule has 0 saturated carbocycles. The summed E-state index contributed by atoms with van der Waals surface area (Å²) in [6.45, 7) is 7.03. The lowest BCUT2D eigenvalue weighted by Crippen LogP contribution is -2.47. The number of carbonyl (C=O) groups excluding carboxylic acids is 1.